The summed E-state index contributed by atoms with van der Waals surface area (Å²) in [7, 11) is 0. The second kappa shape index (κ2) is 13.9. The van der Waals surface area contributed by atoms with Crippen LogP contribution in [-0.2, 0) is 32.1 Å². The van der Waals surface area contributed by atoms with Crippen LogP contribution in [0, 0.1) is 11.3 Å². The fourth-order valence-corrected chi connectivity index (χ4v) is 17.4. The molecule has 2 aliphatic rings. The Labute approximate surface area is 295 Å². The summed E-state index contributed by atoms with van der Waals surface area (Å²) >= 11 is -2.67. The van der Waals surface area contributed by atoms with Crippen LogP contribution in [0.3, 0.4) is 0 Å². The fraction of sp³-hybridized carbons (Fsp3) is 0.452. The van der Waals surface area contributed by atoms with Gasteiger partial charge in [0.15, 0.2) is 0 Å². The molecule has 3 aromatic carbocycles. The molecule has 0 saturated heterocycles. The van der Waals surface area contributed by atoms with Crippen molar-refractivity contribution >= 4 is 3.21 Å². The van der Waals surface area contributed by atoms with E-state index >= 15 is 0 Å². The van der Waals surface area contributed by atoms with Crippen molar-refractivity contribution in [3.05, 3.63) is 115 Å². The van der Waals surface area contributed by atoms with Gasteiger partial charge < -0.3 is 24.8 Å². The van der Waals surface area contributed by atoms with Crippen LogP contribution in [0.4, 0.5) is 0 Å². The van der Waals surface area contributed by atoms with Gasteiger partial charge in [-0.2, -0.15) is 0 Å². The molecule has 2 aliphatic carbocycles. The van der Waals surface area contributed by atoms with Crippen LogP contribution in [0.1, 0.15) is 127 Å². The van der Waals surface area contributed by atoms with Crippen LogP contribution in [0.2, 0.25) is 0 Å². The number of rotatable bonds is 5. The van der Waals surface area contributed by atoms with Gasteiger partial charge in [-0.25, -0.2) is 0 Å². The molecule has 0 aliphatic heterocycles. The predicted octanol–water partition coefficient (Wildman–Crippen LogP) is 5.89. The normalized spacial score (nSPS) is 16.8. The van der Waals surface area contributed by atoms with Crippen molar-refractivity contribution in [1.29, 1.82) is 0 Å². The molecule has 0 saturated carbocycles. The van der Waals surface area contributed by atoms with E-state index in [1.165, 1.54) is 34.2 Å². The first-order chi connectivity index (χ1) is 20.1. The Balaban J connectivity index is 0.00000276. The van der Waals surface area contributed by atoms with Crippen molar-refractivity contribution in [2.75, 3.05) is 0 Å². The van der Waals surface area contributed by atoms with E-state index in [9.17, 15) is 0 Å². The van der Waals surface area contributed by atoms with E-state index in [1.807, 2.05) is 3.28 Å². The Morgan fingerprint density at radius 3 is 1.56 bits per heavy atom. The van der Waals surface area contributed by atoms with Gasteiger partial charge in [-0.1, -0.05) is 0 Å². The fourth-order valence-electron chi connectivity index (χ4n) is 7.44. The van der Waals surface area contributed by atoms with Crippen molar-refractivity contribution in [3.8, 4) is 11.1 Å². The molecule has 0 amide bonds. The number of allylic oxidation sites excluding steroid dienone is 4. The largest absolute Gasteiger partial charge is 1.00 e. The second-order valence-electron chi connectivity index (χ2n) is 16.0. The molecule has 0 heterocycles. The van der Waals surface area contributed by atoms with Crippen LogP contribution in [-0.4, -0.2) is 3.21 Å². The molecule has 0 aromatic heterocycles. The Hall–Kier alpha value is -1.53. The van der Waals surface area contributed by atoms with Gasteiger partial charge >= 0.3 is 272 Å². The molecule has 0 N–H and O–H groups in total. The summed E-state index contributed by atoms with van der Waals surface area (Å²) in [4.78, 5) is 0. The van der Waals surface area contributed by atoms with Gasteiger partial charge in [-0.3, -0.25) is 0 Å². The number of halogens is 2. The van der Waals surface area contributed by atoms with Gasteiger partial charge in [0, 0.05) is 0 Å². The average Bonchev–Trinajstić information content (AvgIpc) is 3.48. The Morgan fingerprint density at radius 1 is 0.667 bits per heavy atom. The Bertz CT molecular complexity index is 1570. The van der Waals surface area contributed by atoms with Crippen LogP contribution < -0.4 is 24.8 Å². The minimum Gasteiger partial charge on any atom is -1.00 e. The third kappa shape index (κ3) is 7.17. The van der Waals surface area contributed by atoms with Gasteiger partial charge in [-0.05, 0) is 0 Å². The average molecular weight is 721 g/mol. The van der Waals surface area contributed by atoms with Crippen molar-refractivity contribution in [3.63, 3.8) is 0 Å². The molecule has 3 aromatic rings. The van der Waals surface area contributed by atoms with E-state index in [0.29, 0.717) is 9.54 Å². The van der Waals surface area contributed by atoms with Crippen molar-refractivity contribution in [2.24, 2.45) is 11.3 Å². The smallest absolute Gasteiger partial charge is 1.00 e. The summed E-state index contributed by atoms with van der Waals surface area (Å²) < 4.78 is 4.03. The molecular weight excluding hydrogens is 667 g/mol. The molecule has 3 heteroatoms. The molecule has 1 unspecified atom stereocenters. The third-order valence-electron chi connectivity index (χ3n) is 9.93. The summed E-state index contributed by atoms with van der Waals surface area (Å²) in [6.07, 6.45) is 5.00. The van der Waals surface area contributed by atoms with Crippen LogP contribution in [0.15, 0.2) is 87.2 Å². The van der Waals surface area contributed by atoms with E-state index in [2.05, 4.69) is 156 Å². The summed E-state index contributed by atoms with van der Waals surface area (Å²) in [6, 6.07) is 26.4. The molecular formula is C42H54Cl2Zr. The number of hydrogen-bond acceptors (Lipinski definition) is 0. The SMILES string of the molecule is CCC1=[C](/[Zr+2](=[C](\C)c2ccccc2)[CH]2c3cc(C(C)(C)C)ccc3-c3ccc(C(C)(C)C)cc32)C(CC)C=C1C(C)(C)C.[Cl-].[Cl-]. The van der Waals surface area contributed by atoms with Crippen molar-refractivity contribution < 1.29 is 46.1 Å². The van der Waals surface area contributed by atoms with Gasteiger partial charge in [0.05, 0.1) is 0 Å². The summed E-state index contributed by atoms with van der Waals surface area (Å²) in [5, 5.41) is 0. The van der Waals surface area contributed by atoms with Gasteiger partial charge in [0.25, 0.3) is 0 Å². The maximum Gasteiger partial charge on any atom is -1.00 e. The zero-order chi connectivity index (χ0) is 31.5. The van der Waals surface area contributed by atoms with Crippen LogP contribution in [0.25, 0.3) is 11.1 Å². The zero-order valence-corrected chi connectivity index (χ0v) is 33.7. The molecule has 240 valence electrons. The van der Waals surface area contributed by atoms with Gasteiger partial charge in [-0.15, -0.1) is 0 Å². The number of fused-ring (bicyclic) bond motifs is 3. The standard InChI is InChI=1S/C21H25.C13H21.C8H8.2ClH.Zr/c1-20(2,3)16-7-9-18-14(12-16)11-15-13-17(21(4,5)6)8-10-19(15)18;1-6-10-8-11(7-2)12(9-10)13(3,4)5;1-2-8-6-4-3-5-7-8;;;/h7-13H,1-6H3;9-10H,6-7H2,1-5H3;3-7H,1H3;2*1H;/q;;;;;+2/p-2. The van der Waals surface area contributed by atoms with Crippen LogP contribution in [0.5, 0.6) is 0 Å². The molecule has 0 bridgehead atoms. The molecule has 5 rings (SSSR count). The minimum atomic E-state index is -2.67. The van der Waals surface area contributed by atoms with Crippen LogP contribution >= 0.6 is 0 Å². The minimum absolute atomic E-state index is 0. The van der Waals surface area contributed by atoms with Gasteiger partial charge in [0.1, 0.15) is 0 Å². The van der Waals surface area contributed by atoms with E-state index < -0.39 is 21.3 Å². The Morgan fingerprint density at radius 2 is 1.16 bits per heavy atom. The van der Waals surface area contributed by atoms with Crippen molar-refractivity contribution in [2.45, 2.75) is 110 Å². The molecule has 0 fully saturated rings. The molecule has 45 heavy (non-hydrogen) atoms. The molecule has 0 radical (unpaired) electrons. The molecule has 0 spiro atoms. The predicted molar refractivity (Wildman–Crippen MR) is 186 cm³/mol. The van der Waals surface area contributed by atoms with Crippen molar-refractivity contribution in [1.82, 2.24) is 0 Å². The van der Waals surface area contributed by atoms with Gasteiger partial charge in [0.2, 0.25) is 0 Å². The summed E-state index contributed by atoms with van der Waals surface area (Å²) in [5.74, 6) is 0.543. The maximum absolute atomic E-state index is 2.70. The number of benzene rings is 3. The van der Waals surface area contributed by atoms with E-state index in [1.54, 1.807) is 25.5 Å². The monoisotopic (exact) mass is 718 g/mol. The molecule has 0 nitrogen and oxygen atoms in total. The Kier molecular flexibility index (Phi) is 11.7. The van der Waals surface area contributed by atoms with E-state index in [-0.39, 0.29) is 41.1 Å². The zero-order valence-electron chi connectivity index (χ0n) is 29.8. The summed E-state index contributed by atoms with van der Waals surface area (Å²) in [6.45, 7) is 28.8. The number of hydrogen-bond donors (Lipinski definition) is 0. The molecule has 1 atom stereocenters. The third-order valence-corrected chi connectivity index (χ3v) is 18.7. The maximum atomic E-state index is 2.70. The first-order valence-electron chi connectivity index (χ1n) is 16.6. The second-order valence-corrected chi connectivity index (χ2v) is 22.7. The topological polar surface area (TPSA) is 0 Å². The summed E-state index contributed by atoms with van der Waals surface area (Å²) in [5.41, 5.74) is 14.2. The first-order valence-corrected chi connectivity index (χ1v) is 20.5. The first kappa shape index (κ1) is 37.9. The van der Waals surface area contributed by atoms with E-state index in [0.717, 1.165) is 6.42 Å². The van der Waals surface area contributed by atoms with E-state index in [4.69, 9.17) is 0 Å². The quantitative estimate of drug-likeness (QED) is 0.309.